The third-order valence-electron chi connectivity index (χ3n) is 3.70. The Balaban J connectivity index is 1.83. The Hall–Kier alpha value is -2.48. The Morgan fingerprint density at radius 2 is 2.13 bits per heavy atom. The smallest absolute Gasteiger partial charge is 0.267 e. The molecule has 2 unspecified atom stereocenters. The van der Waals surface area contributed by atoms with E-state index in [1.54, 1.807) is 18.3 Å². The van der Waals surface area contributed by atoms with Crippen molar-refractivity contribution in [2.24, 2.45) is 0 Å². The summed E-state index contributed by atoms with van der Waals surface area (Å²) in [4.78, 5) is 22.6. The van der Waals surface area contributed by atoms with Gasteiger partial charge in [0.05, 0.1) is 24.9 Å². The Bertz CT molecular complexity index is 745. The lowest BCUT2D eigenvalue weighted by Gasteiger charge is -2.21. The predicted octanol–water partition coefficient (Wildman–Crippen LogP) is 0.460. The van der Waals surface area contributed by atoms with Gasteiger partial charge in [0.15, 0.2) is 0 Å². The molecule has 8 nitrogen and oxygen atoms in total. The summed E-state index contributed by atoms with van der Waals surface area (Å²) >= 11 is 0. The number of anilines is 2. The van der Waals surface area contributed by atoms with Gasteiger partial charge in [0, 0.05) is 26.4 Å². The molecule has 0 bridgehead atoms. The van der Waals surface area contributed by atoms with Gasteiger partial charge in [-0.25, -0.2) is 9.67 Å². The highest BCUT2D eigenvalue weighted by Gasteiger charge is 2.31. The molecule has 1 N–H and O–H groups in total. The fraction of sp³-hybridized carbons (Fsp3) is 0.467. The second-order valence-corrected chi connectivity index (χ2v) is 5.75. The van der Waals surface area contributed by atoms with E-state index in [1.165, 1.54) is 10.7 Å². The van der Waals surface area contributed by atoms with Gasteiger partial charge in [0.1, 0.15) is 11.9 Å². The van der Waals surface area contributed by atoms with Crippen molar-refractivity contribution in [3.8, 4) is 0 Å². The Labute approximate surface area is 134 Å². The number of hydrogen-bond acceptors (Lipinski definition) is 7. The Morgan fingerprint density at radius 1 is 1.30 bits per heavy atom. The van der Waals surface area contributed by atoms with Crippen LogP contribution in [0.1, 0.15) is 11.7 Å². The molecule has 0 aromatic carbocycles. The van der Waals surface area contributed by atoms with Crippen molar-refractivity contribution < 1.29 is 4.74 Å². The monoisotopic (exact) mass is 316 g/mol. The zero-order valence-electron chi connectivity index (χ0n) is 13.4. The fourth-order valence-corrected chi connectivity index (χ4v) is 2.51. The molecule has 2 aromatic rings. The SMILES string of the molecule is Cc1ccc(=O)n(C2COCC2Nc2ccnc(N(C)C)n2)n1. The predicted molar refractivity (Wildman–Crippen MR) is 86.9 cm³/mol. The number of rotatable bonds is 4. The summed E-state index contributed by atoms with van der Waals surface area (Å²) in [7, 11) is 3.77. The standard InChI is InChI=1S/C15H20N6O2/c1-10-4-5-14(22)21(19-10)12-9-23-8-11(12)17-13-6-7-16-15(18-13)20(2)3/h4-7,11-12H,8-9H2,1-3H3,(H,16,17,18). The summed E-state index contributed by atoms with van der Waals surface area (Å²) in [5.41, 5.74) is 0.668. The van der Waals surface area contributed by atoms with Crippen LogP contribution in [0.15, 0.2) is 29.2 Å². The third kappa shape index (κ3) is 3.31. The summed E-state index contributed by atoms with van der Waals surface area (Å²) in [5, 5.41) is 7.66. The van der Waals surface area contributed by atoms with Crippen LogP contribution in [0.5, 0.6) is 0 Å². The van der Waals surface area contributed by atoms with Crippen LogP contribution in [-0.4, -0.2) is 53.1 Å². The van der Waals surface area contributed by atoms with E-state index in [4.69, 9.17) is 4.74 Å². The molecule has 0 radical (unpaired) electrons. The van der Waals surface area contributed by atoms with E-state index < -0.39 is 0 Å². The van der Waals surface area contributed by atoms with Crippen LogP contribution >= 0.6 is 0 Å². The van der Waals surface area contributed by atoms with Crippen molar-refractivity contribution in [1.82, 2.24) is 19.7 Å². The number of hydrogen-bond donors (Lipinski definition) is 1. The average Bonchev–Trinajstić information content (AvgIpc) is 2.98. The van der Waals surface area contributed by atoms with E-state index in [9.17, 15) is 4.79 Å². The maximum Gasteiger partial charge on any atom is 0.267 e. The fourth-order valence-electron chi connectivity index (χ4n) is 2.51. The highest BCUT2D eigenvalue weighted by Crippen LogP contribution is 2.21. The van der Waals surface area contributed by atoms with Crippen LogP contribution in [0.4, 0.5) is 11.8 Å². The molecule has 0 saturated carbocycles. The van der Waals surface area contributed by atoms with E-state index in [0.29, 0.717) is 25.0 Å². The normalized spacial score (nSPS) is 20.5. The largest absolute Gasteiger partial charge is 0.377 e. The topological polar surface area (TPSA) is 85.2 Å². The number of nitrogens with zero attached hydrogens (tertiary/aromatic N) is 5. The first-order valence-electron chi connectivity index (χ1n) is 7.46. The second-order valence-electron chi connectivity index (χ2n) is 5.75. The summed E-state index contributed by atoms with van der Waals surface area (Å²) in [6, 6.07) is 4.80. The molecule has 2 aromatic heterocycles. The molecule has 1 aliphatic rings. The highest BCUT2D eigenvalue weighted by molar-refractivity contribution is 5.41. The van der Waals surface area contributed by atoms with E-state index in [0.717, 1.165) is 5.69 Å². The molecule has 0 aliphatic carbocycles. The van der Waals surface area contributed by atoms with Gasteiger partial charge in [-0.1, -0.05) is 0 Å². The van der Waals surface area contributed by atoms with Crippen LogP contribution in [0.3, 0.4) is 0 Å². The summed E-state index contributed by atoms with van der Waals surface area (Å²) in [6.07, 6.45) is 1.70. The van der Waals surface area contributed by atoms with Crippen LogP contribution in [-0.2, 0) is 4.74 Å². The maximum atomic E-state index is 12.1. The van der Waals surface area contributed by atoms with Crippen molar-refractivity contribution in [2.75, 3.05) is 37.5 Å². The third-order valence-corrected chi connectivity index (χ3v) is 3.70. The molecule has 122 valence electrons. The minimum Gasteiger partial charge on any atom is -0.377 e. The van der Waals surface area contributed by atoms with Gasteiger partial charge in [-0.15, -0.1) is 0 Å². The maximum absolute atomic E-state index is 12.1. The lowest BCUT2D eigenvalue weighted by molar-refractivity contribution is 0.182. The van der Waals surface area contributed by atoms with Gasteiger partial charge >= 0.3 is 0 Å². The quantitative estimate of drug-likeness (QED) is 0.877. The first-order valence-corrected chi connectivity index (χ1v) is 7.46. The number of aryl methyl sites for hydroxylation is 1. The summed E-state index contributed by atoms with van der Waals surface area (Å²) < 4.78 is 7.05. The Morgan fingerprint density at radius 3 is 2.91 bits per heavy atom. The van der Waals surface area contributed by atoms with Crippen molar-refractivity contribution in [2.45, 2.75) is 19.0 Å². The first kappa shape index (κ1) is 15.4. The molecule has 3 heterocycles. The molecule has 23 heavy (non-hydrogen) atoms. The van der Waals surface area contributed by atoms with E-state index in [-0.39, 0.29) is 17.6 Å². The van der Waals surface area contributed by atoms with E-state index in [1.807, 2.05) is 25.9 Å². The minimum atomic E-state index is -0.167. The summed E-state index contributed by atoms with van der Waals surface area (Å²) in [6.45, 7) is 2.80. The van der Waals surface area contributed by atoms with Crippen molar-refractivity contribution in [3.63, 3.8) is 0 Å². The number of ether oxygens (including phenoxy) is 1. The molecular weight excluding hydrogens is 296 g/mol. The zero-order chi connectivity index (χ0) is 16.4. The highest BCUT2D eigenvalue weighted by atomic mass is 16.5. The summed E-state index contributed by atoms with van der Waals surface area (Å²) in [5.74, 6) is 1.32. The molecule has 1 fully saturated rings. The van der Waals surface area contributed by atoms with E-state index in [2.05, 4.69) is 20.4 Å². The Kier molecular flexibility index (Phi) is 4.24. The second kappa shape index (κ2) is 6.33. The van der Waals surface area contributed by atoms with Crippen LogP contribution < -0.4 is 15.8 Å². The first-order chi connectivity index (χ1) is 11.0. The van der Waals surface area contributed by atoms with Gasteiger partial charge in [-0.3, -0.25) is 4.79 Å². The van der Waals surface area contributed by atoms with Gasteiger partial charge in [-0.2, -0.15) is 10.1 Å². The molecule has 3 rings (SSSR count). The van der Waals surface area contributed by atoms with Crippen LogP contribution in [0.25, 0.3) is 0 Å². The number of aromatic nitrogens is 4. The molecule has 8 heteroatoms. The lowest BCUT2D eigenvalue weighted by atomic mass is 10.1. The molecule has 0 spiro atoms. The average molecular weight is 316 g/mol. The van der Waals surface area contributed by atoms with Crippen molar-refractivity contribution in [3.05, 3.63) is 40.4 Å². The van der Waals surface area contributed by atoms with E-state index >= 15 is 0 Å². The van der Waals surface area contributed by atoms with Crippen LogP contribution in [0, 0.1) is 6.92 Å². The molecule has 0 amide bonds. The lowest BCUT2D eigenvalue weighted by Crippen LogP contribution is -2.37. The van der Waals surface area contributed by atoms with Crippen molar-refractivity contribution >= 4 is 11.8 Å². The molecule has 2 atom stereocenters. The van der Waals surface area contributed by atoms with Gasteiger partial charge in [0.25, 0.3) is 5.56 Å². The minimum absolute atomic E-state index is 0.0769. The number of nitrogens with one attached hydrogen (secondary N) is 1. The molecule has 1 aliphatic heterocycles. The van der Waals surface area contributed by atoms with Crippen LogP contribution in [0.2, 0.25) is 0 Å². The van der Waals surface area contributed by atoms with Gasteiger partial charge in [-0.05, 0) is 19.1 Å². The van der Waals surface area contributed by atoms with Gasteiger partial charge in [0.2, 0.25) is 5.95 Å². The van der Waals surface area contributed by atoms with Crippen molar-refractivity contribution in [1.29, 1.82) is 0 Å². The molecular formula is C15H20N6O2. The molecule has 1 saturated heterocycles. The zero-order valence-corrected chi connectivity index (χ0v) is 13.4. The van der Waals surface area contributed by atoms with Gasteiger partial charge < -0.3 is 15.0 Å².